The summed E-state index contributed by atoms with van der Waals surface area (Å²) >= 11 is 5.86. The fourth-order valence-electron chi connectivity index (χ4n) is 1.74. The van der Waals surface area contributed by atoms with E-state index in [9.17, 15) is 4.79 Å². The Labute approximate surface area is 138 Å². The molecule has 0 bridgehead atoms. The number of aromatic carboxylic acids is 1. The Kier molecular flexibility index (Phi) is 5.49. The number of carboxylic acid groups (broad SMARTS) is 1. The molecule has 5 nitrogen and oxygen atoms in total. The van der Waals surface area contributed by atoms with Gasteiger partial charge < -0.3 is 9.52 Å². The summed E-state index contributed by atoms with van der Waals surface area (Å²) in [7, 11) is 0. The van der Waals surface area contributed by atoms with E-state index in [1.165, 1.54) is 12.1 Å². The van der Waals surface area contributed by atoms with E-state index in [4.69, 9.17) is 21.1 Å². The topological polar surface area (TPSA) is 76.2 Å². The van der Waals surface area contributed by atoms with Gasteiger partial charge in [-0.1, -0.05) is 35.9 Å². The minimum Gasteiger partial charge on any atom is -0.478 e. The SMILES string of the molecule is C/C=C(Cl)/C=C\C=C(/C)c1nnc(-c2cccc(C(=O)O)c2)o1. The van der Waals surface area contributed by atoms with E-state index in [1.54, 1.807) is 36.4 Å². The molecule has 118 valence electrons. The highest BCUT2D eigenvalue weighted by molar-refractivity contribution is 6.31. The van der Waals surface area contributed by atoms with E-state index in [1.807, 2.05) is 13.8 Å². The van der Waals surface area contributed by atoms with Gasteiger partial charge in [0.2, 0.25) is 11.8 Å². The number of hydrogen-bond donors (Lipinski definition) is 1. The Morgan fingerprint density at radius 3 is 2.83 bits per heavy atom. The molecule has 6 heteroatoms. The summed E-state index contributed by atoms with van der Waals surface area (Å²) in [4.78, 5) is 11.0. The van der Waals surface area contributed by atoms with E-state index in [2.05, 4.69) is 10.2 Å². The average molecular weight is 331 g/mol. The smallest absolute Gasteiger partial charge is 0.335 e. The Hall–Kier alpha value is -2.66. The molecule has 1 aromatic heterocycles. The summed E-state index contributed by atoms with van der Waals surface area (Å²) in [6.07, 6.45) is 7.11. The monoisotopic (exact) mass is 330 g/mol. The lowest BCUT2D eigenvalue weighted by Crippen LogP contribution is -1.95. The largest absolute Gasteiger partial charge is 0.478 e. The van der Waals surface area contributed by atoms with Crippen LogP contribution in [-0.2, 0) is 0 Å². The van der Waals surface area contributed by atoms with Gasteiger partial charge in [-0.05, 0) is 38.1 Å². The van der Waals surface area contributed by atoms with Crippen molar-refractivity contribution < 1.29 is 14.3 Å². The molecule has 0 radical (unpaired) electrons. The highest BCUT2D eigenvalue weighted by atomic mass is 35.5. The first-order chi connectivity index (χ1) is 11.0. The van der Waals surface area contributed by atoms with Gasteiger partial charge in [-0.15, -0.1) is 10.2 Å². The zero-order valence-corrected chi connectivity index (χ0v) is 13.4. The molecule has 23 heavy (non-hydrogen) atoms. The van der Waals surface area contributed by atoms with E-state index < -0.39 is 5.97 Å². The number of rotatable bonds is 5. The minimum atomic E-state index is -1.01. The molecular weight excluding hydrogens is 316 g/mol. The standard InChI is InChI=1S/C17H15ClN2O3/c1-3-14(18)9-4-6-11(2)15-19-20-16(23-15)12-7-5-8-13(10-12)17(21)22/h3-10H,1-2H3,(H,21,22)/b9-4-,11-6+,14-3-. The van der Waals surface area contributed by atoms with Crippen molar-refractivity contribution in [1.29, 1.82) is 0 Å². The van der Waals surface area contributed by atoms with Crippen molar-refractivity contribution in [2.24, 2.45) is 0 Å². The molecular formula is C17H15ClN2O3. The molecule has 0 spiro atoms. The molecule has 0 atom stereocenters. The first kappa shape index (κ1) is 16.7. The van der Waals surface area contributed by atoms with Crippen molar-refractivity contribution in [2.45, 2.75) is 13.8 Å². The van der Waals surface area contributed by atoms with E-state index in [0.29, 0.717) is 16.5 Å². The fourth-order valence-corrected chi connectivity index (χ4v) is 1.81. The van der Waals surface area contributed by atoms with Gasteiger partial charge in [0.25, 0.3) is 0 Å². The summed E-state index contributed by atoms with van der Waals surface area (Å²) in [6.45, 7) is 3.68. The van der Waals surface area contributed by atoms with Crippen molar-refractivity contribution in [3.8, 4) is 11.5 Å². The number of hydrogen-bond acceptors (Lipinski definition) is 4. The summed E-state index contributed by atoms with van der Waals surface area (Å²) in [5.74, 6) is -0.373. The normalized spacial score (nSPS) is 12.8. The molecule has 0 aliphatic carbocycles. The lowest BCUT2D eigenvalue weighted by molar-refractivity contribution is 0.0697. The van der Waals surface area contributed by atoms with Crippen LogP contribution in [-0.4, -0.2) is 21.3 Å². The van der Waals surface area contributed by atoms with E-state index in [-0.39, 0.29) is 11.5 Å². The quantitative estimate of drug-likeness (QED) is 0.814. The molecule has 2 rings (SSSR count). The van der Waals surface area contributed by atoms with Crippen LogP contribution >= 0.6 is 11.6 Å². The number of aromatic nitrogens is 2. The maximum absolute atomic E-state index is 11.0. The van der Waals surface area contributed by atoms with Crippen LogP contribution in [0.1, 0.15) is 30.1 Å². The van der Waals surface area contributed by atoms with Gasteiger partial charge in [0.05, 0.1) is 5.56 Å². The molecule has 0 fully saturated rings. The van der Waals surface area contributed by atoms with Gasteiger partial charge in [0, 0.05) is 16.2 Å². The summed E-state index contributed by atoms with van der Waals surface area (Å²) < 4.78 is 5.59. The number of carboxylic acids is 1. The predicted molar refractivity (Wildman–Crippen MR) is 89.1 cm³/mol. The van der Waals surface area contributed by atoms with Crippen LogP contribution in [0.5, 0.6) is 0 Å². The van der Waals surface area contributed by atoms with Gasteiger partial charge in [-0.3, -0.25) is 0 Å². The summed E-state index contributed by atoms with van der Waals surface area (Å²) in [5, 5.41) is 17.6. The van der Waals surface area contributed by atoms with Crippen molar-refractivity contribution in [3.05, 3.63) is 65.1 Å². The van der Waals surface area contributed by atoms with Crippen LogP contribution < -0.4 is 0 Å². The molecule has 1 heterocycles. The van der Waals surface area contributed by atoms with Crippen molar-refractivity contribution in [1.82, 2.24) is 10.2 Å². The molecule has 0 aliphatic rings. The number of allylic oxidation sites excluding steroid dienone is 6. The van der Waals surface area contributed by atoms with Gasteiger partial charge in [-0.25, -0.2) is 4.79 Å². The Balaban J connectivity index is 2.23. The number of benzene rings is 1. The summed E-state index contributed by atoms with van der Waals surface area (Å²) in [5.41, 5.74) is 1.50. The van der Waals surface area contributed by atoms with Gasteiger partial charge in [0.15, 0.2) is 0 Å². The molecule has 2 aromatic rings. The second kappa shape index (κ2) is 7.56. The van der Waals surface area contributed by atoms with Crippen LogP contribution in [0.4, 0.5) is 0 Å². The number of nitrogens with zero attached hydrogens (tertiary/aromatic N) is 2. The van der Waals surface area contributed by atoms with Crippen LogP contribution in [0, 0.1) is 0 Å². The molecule has 0 amide bonds. The molecule has 0 saturated carbocycles. The highest BCUT2D eigenvalue weighted by Crippen LogP contribution is 2.22. The average Bonchev–Trinajstić information content (AvgIpc) is 3.04. The van der Waals surface area contributed by atoms with Crippen molar-refractivity contribution >= 4 is 23.1 Å². The Morgan fingerprint density at radius 1 is 1.35 bits per heavy atom. The van der Waals surface area contributed by atoms with Crippen LogP contribution in [0.25, 0.3) is 17.0 Å². The van der Waals surface area contributed by atoms with Gasteiger partial charge in [-0.2, -0.15) is 0 Å². The van der Waals surface area contributed by atoms with E-state index >= 15 is 0 Å². The first-order valence-electron chi connectivity index (χ1n) is 6.85. The minimum absolute atomic E-state index is 0.165. The maximum atomic E-state index is 11.0. The van der Waals surface area contributed by atoms with Gasteiger partial charge in [0.1, 0.15) is 0 Å². The highest BCUT2D eigenvalue weighted by Gasteiger charge is 2.11. The van der Waals surface area contributed by atoms with Crippen molar-refractivity contribution in [3.63, 3.8) is 0 Å². The zero-order valence-electron chi connectivity index (χ0n) is 12.7. The second-order valence-electron chi connectivity index (χ2n) is 4.68. The second-order valence-corrected chi connectivity index (χ2v) is 5.12. The molecule has 0 aliphatic heterocycles. The fraction of sp³-hybridized carbons (Fsp3) is 0.118. The van der Waals surface area contributed by atoms with Crippen molar-refractivity contribution in [2.75, 3.05) is 0 Å². The lowest BCUT2D eigenvalue weighted by Gasteiger charge is -1.97. The Bertz CT molecular complexity index is 804. The van der Waals surface area contributed by atoms with Gasteiger partial charge >= 0.3 is 5.97 Å². The lowest BCUT2D eigenvalue weighted by atomic mass is 10.1. The third kappa shape index (κ3) is 4.40. The third-order valence-electron chi connectivity index (χ3n) is 3.00. The Morgan fingerprint density at radius 2 is 2.13 bits per heavy atom. The van der Waals surface area contributed by atoms with Crippen LogP contribution in [0.3, 0.4) is 0 Å². The van der Waals surface area contributed by atoms with Crippen LogP contribution in [0.2, 0.25) is 0 Å². The first-order valence-corrected chi connectivity index (χ1v) is 7.23. The zero-order chi connectivity index (χ0) is 16.8. The molecule has 1 aromatic carbocycles. The van der Waals surface area contributed by atoms with E-state index in [0.717, 1.165) is 5.57 Å². The number of halogens is 1. The third-order valence-corrected chi connectivity index (χ3v) is 3.34. The van der Waals surface area contributed by atoms with Crippen LogP contribution in [0.15, 0.2) is 58.0 Å². The molecule has 1 N–H and O–H groups in total. The molecule has 0 unspecified atom stereocenters. The predicted octanol–water partition coefficient (Wildman–Crippen LogP) is 4.54. The number of carbonyl (C=O) groups is 1. The molecule has 0 saturated heterocycles. The summed E-state index contributed by atoms with van der Waals surface area (Å²) in [6, 6.07) is 6.34. The maximum Gasteiger partial charge on any atom is 0.335 e.